The maximum absolute atomic E-state index is 6.46. The van der Waals surface area contributed by atoms with Gasteiger partial charge in [0, 0.05) is 96.1 Å². The van der Waals surface area contributed by atoms with Crippen molar-refractivity contribution in [1.29, 1.82) is 0 Å². The Morgan fingerprint density at radius 1 is 0.206 bits per heavy atom. The van der Waals surface area contributed by atoms with Crippen LogP contribution in [0.4, 0.5) is 0 Å². The van der Waals surface area contributed by atoms with Gasteiger partial charge in [0.25, 0.3) is 0 Å². The number of para-hydroxylation sites is 1. The summed E-state index contributed by atoms with van der Waals surface area (Å²) in [6, 6.07) is 154. The molecule has 0 amide bonds. The van der Waals surface area contributed by atoms with Crippen LogP contribution >= 0.6 is 22.7 Å². The Labute approximate surface area is 783 Å². The lowest BCUT2D eigenvalue weighted by Gasteiger charge is -2.14. The van der Waals surface area contributed by atoms with Crippen LogP contribution in [0.2, 0.25) is 0 Å². The first kappa shape index (κ1) is 76.1. The number of thiophene rings is 2. The Hall–Kier alpha value is -17.7. The molecule has 0 aliphatic rings. The Morgan fingerprint density at radius 3 is 1.07 bits per heavy atom. The molecule has 31 rings (SSSR count). The third kappa shape index (κ3) is 11.6. The van der Waals surface area contributed by atoms with E-state index in [4.69, 9.17) is 34.3 Å². The van der Waals surface area contributed by atoms with Gasteiger partial charge in [-0.05, 0) is 146 Å². The minimum absolute atomic E-state index is 0.579. The van der Waals surface area contributed by atoms with Crippen molar-refractivity contribution in [2.45, 2.75) is 0 Å². The standard InChI is InChI=1S/C44H25N3S.C40H23N3O.C40H23N3S/c1-5-15-30-26(11-1)22-24-37-39(30)35-23-21-27-12-2-6-16-31(27)42(35)47(37)44-45-40-34-19-9-10-20-38(34)48-43(40)41(46-44)36-25-28-13-3-4-14-29(28)32-17-7-8-18-33(32)36;2*1-2-12-27-23-28(18-17-24(27)9-1)37-36-31-15-7-8-16-34(31)44-39(36)42-40(41-37)43-33-22-20-25-10-3-5-13-29(25)35(33)32-21-19-26-11-4-6-14-30(26)38(32)43/h1-25H;2*1-23H. The summed E-state index contributed by atoms with van der Waals surface area (Å²) in [6.07, 6.45) is 0. The van der Waals surface area contributed by atoms with Crippen LogP contribution in [0, 0.1) is 0 Å². The molecule has 630 valence electrons. The molecule has 0 saturated heterocycles. The van der Waals surface area contributed by atoms with E-state index < -0.39 is 0 Å². The molecular formula is C124H71N9OS2. The van der Waals surface area contributed by atoms with Crippen LogP contribution in [0.1, 0.15) is 0 Å². The van der Waals surface area contributed by atoms with Gasteiger partial charge in [0.1, 0.15) is 10.4 Å². The summed E-state index contributed by atoms with van der Waals surface area (Å²) in [7, 11) is 0. The Morgan fingerprint density at radius 2 is 0.559 bits per heavy atom. The number of furan rings is 1. The maximum Gasteiger partial charge on any atom is 0.238 e. The van der Waals surface area contributed by atoms with Crippen molar-refractivity contribution in [2.75, 3.05) is 0 Å². The van der Waals surface area contributed by atoms with Crippen molar-refractivity contribution in [3.05, 3.63) is 431 Å². The first-order chi connectivity index (χ1) is 67.4. The highest BCUT2D eigenvalue weighted by Crippen LogP contribution is 2.50. The topological polar surface area (TPSA) is 105 Å². The lowest BCUT2D eigenvalue weighted by molar-refractivity contribution is 0.651. The molecule has 0 aliphatic heterocycles. The van der Waals surface area contributed by atoms with E-state index in [1.54, 1.807) is 22.7 Å². The van der Waals surface area contributed by atoms with Crippen molar-refractivity contribution in [3.8, 4) is 51.6 Å². The van der Waals surface area contributed by atoms with Crippen LogP contribution in [0.15, 0.2) is 435 Å². The lowest BCUT2D eigenvalue weighted by Crippen LogP contribution is -2.03. The first-order valence-electron chi connectivity index (χ1n) is 45.9. The van der Waals surface area contributed by atoms with Gasteiger partial charge in [-0.15, -0.1) is 22.7 Å². The number of benzene rings is 22. The van der Waals surface area contributed by atoms with E-state index in [0.717, 1.165) is 114 Å². The summed E-state index contributed by atoms with van der Waals surface area (Å²) in [5.74, 6) is 1.97. The number of nitrogens with zero attached hydrogens (tertiary/aromatic N) is 9. The molecule has 0 aliphatic carbocycles. The second-order valence-electron chi connectivity index (χ2n) is 35.4. The van der Waals surface area contributed by atoms with E-state index in [9.17, 15) is 0 Å². The second kappa shape index (κ2) is 29.9. The van der Waals surface area contributed by atoms with Crippen molar-refractivity contribution in [2.24, 2.45) is 0 Å². The molecule has 0 fully saturated rings. The minimum atomic E-state index is 0.579. The van der Waals surface area contributed by atoms with E-state index in [-0.39, 0.29) is 0 Å². The quantitative estimate of drug-likeness (QED) is 0.153. The van der Waals surface area contributed by atoms with E-state index in [1.165, 1.54) is 149 Å². The zero-order valence-corrected chi connectivity index (χ0v) is 74.4. The van der Waals surface area contributed by atoms with Crippen molar-refractivity contribution < 1.29 is 4.42 Å². The molecule has 136 heavy (non-hydrogen) atoms. The molecule has 0 atom stereocenters. The van der Waals surface area contributed by atoms with Crippen LogP contribution in [-0.2, 0) is 0 Å². The summed E-state index contributed by atoms with van der Waals surface area (Å²) in [5, 5.41) is 36.8. The van der Waals surface area contributed by atoms with Gasteiger partial charge in [0.2, 0.25) is 23.6 Å². The molecule has 0 N–H and O–H groups in total. The van der Waals surface area contributed by atoms with Gasteiger partial charge in [0.05, 0.1) is 65.8 Å². The molecule has 9 heterocycles. The number of hydrogen-bond acceptors (Lipinski definition) is 9. The molecule has 0 bridgehead atoms. The van der Waals surface area contributed by atoms with Crippen LogP contribution in [0.25, 0.3) is 287 Å². The van der Waals surface area contributed by atoms with E-state index in [2.05, 4.69) is 426 Å². The molecule has 22 aromatic carbocycles. The molecule has 0 spiro atoms. The average molecular weight is 1770 g/mol. The number of rotatable bonds is 6. The molecule has 0 radical (unpaired) electrons. The van der Waals surface area contributed by atoms with Crippen LogP contribution in [0.5, 0.6) is 0 Å². The molecule has 31 aromatic rings. The fourth-order valence-corrected chi connectivity index (χ4v) is 24.1. The largest absolute Gasteiger partial charge is 0.437 e. The highest BCUT2D eigenvalue weighted by atomic mass is 32.1. The number of hydrogen-bond donors (Lipinski definition) is 0. The second-order valence-corrected chi connectivity index (χ2v) is 37.4. The van der Waals surface area contributed by atoms with Gasteiger partial charge >= 0.3 is 0 Å². The SMILES string of the molecule is c1ccc2c(c1)cc(-c1nc(-n3c4ccc5ccccc5c4c4ccc5ccccc5c43)nc3c1sc1ccccc13)c1ccccc12.c1ccc2cc(-c3nc(-n4c5ccc6ccccc6c5c5ccc6ccccc6c54)nc4oc5ccccc5c34)ccc2c1.c1ccc2cc(-c3nc(-n4c5ccc6ccccc6c5c5ccc6ccccc6c54)nc4sc5ccccc5c34)ccc2c1. The van der Waals surface area contributed by atoms with E-state index in [0.29, 0.717) is 23.6 Å². The Bertz CT molecular complexity index is 10200. The highest BCUT2D eigenvalue weighted by molar-refractivity contribution is 7.26. The third-order valence-corrected chi connectivity index (χ3v) is 30.2. The molecule has 10 nitrogen and oxygen atoms in total. The van der Waals surface area contributed by atoms with Crippen LogP contribution < -0.4 is 0 Å². The molecule has 0 unspecified atom stereocenters. The number of aromatic nitrogens is 9. The molecule has 12 heteroatoms. The predicted octanol–water partition coefficient (Wildman–Crippen LogP) is 33.9. The van der Waals surface area contributed by atoms with Gasteiger partial charge in [-0.25, -0.2) is 24.9 Å². The number of fused-ring (bicyclic) bond motifs is 35. The monoisotopic (exact) mass is 1770 g/mol. The van der Waals surface area contributed by atoms with Gasteiger partial charge in [-0.2, -0.15) is 4.98 Å². The van der Waals surface area contributed by atoms with Crippen molar-refractivity contribution >= 4 is 258 Å². The summed E-state index contributed by atoms with van der Waals surface area (Å²) in [6.45, 7) is 0. The van der Waals surface area contributed by atoms with E-state index in [1.807, 2.05) is 18.2 Å². The normalized spacial score (nSPS) is 12.1. The molecule has 0 saturated carbocycles. The van der Waals surface area contributed by atoms with E-state index >= 15 is 0 Å². The summed E-state index contributed by atoms with van der Waals surface area (Å²) >= 11 is 3.52. The van der Waals surface area contributed by atoms with Gasteiger partial charge in [-0.3, -0.25) is 13.7 Å². The summed E-state index contributed by atoms with van der Waals surface area (Å²) in [4.78, 5) is 33.5. The average Bonchev–Trinajstić information content (AvgIpc) is 1.53. The summed E-state index contributed by atoms with van der Waals surface area (Å²) < 4.78 is 16.8. The smallest absolute Gasteiger partial charge is 0.238 e. The van der Waals surface area contributed by atoms with Crippen molar-refractivity contribution in [3.63, 3.8) is 0 Å². The summed E-state index contributed by atoms with van der Waals surface area (Å²) in [5.41, 5.74) is 15.0. The van der Waals surface area contributed by atoms with Gasteiger partial charge in [-0.1, -0.05) is 376 Å². The first-order valence-corrected chi connectivity index (χ1v) is 47.6. The Balaban J connectivity index is 0.0000000990. The maximum atomic E-state index is 6.46. The highest BCUT2D eigenvalue weighted by Gasteiger charge is 2.29. The predicted molar refractivity (Wildman–Crippen MR) is 574 cm³/mol. The fourth-order valence-electron chi connectivity index (χ4n) is 21.9. The fraction of sp³-hybridized carbons (Fsp3) is 0. The molecule has 9 aromatic heterocycles. The zero-order valence-electron chi connectivity index (χ0n) is 72.7. The van der Waals surface area contributed by atoms with Gasteiger partial charge in [0.15, 0.2) is 0 Å². The lowest BCUT2D eigenvalue weighted by atomic mass is 9.95. The van der Waals surface area contributed by atoms with Crippen LogP contribution in [-0.4, -0.2) is 43.6 Å². The zero-order chi connectivity index (χ0) is 88.9. The Kier molecular flexibility index (Phi) is 16.7. The minimum Gasteiger partial charge on any atom is -0.437 e. The third-order valence-electron chi connectivity index (χ3n) is 28.0. The van der Waals surface area contributed by atoms with Crippen molar-refractivity contribution in [1.82, 2.24) is 43.6 Å². The van der Waals surface area contributed by atoms with Gasteiger partial charge < -0.3 is 4.42 Å². The molecular weight excluding hydrogens is 1700 g/mol. The van der Waals surface area contributed by atoms with Crippen LogP contribution in [0.3, 0.4) is 0 Å².